The Hall–Kier alpha value is -0.0900. The molecule has 0 aromatic carbocycles. The van der Waals surface area contributed by atoms with Gasteiger partial charge in [-0.1, -0.05) is 20.3 Å². The molecule has 0 aliphatic rings. The number of hydrogen-bond acceptors (Lipinski definition) is 3. The normalized spacial score (nSPS) is 14.8. The summed E-state index contributed by atoms with van der Waals surface area (Å²) in [5, 5.41) is 0. The summed E-state index contributed by atoms with van der Waals surface area (Å²) in [5.74, 6) is 0.328. The average Bonchev–Trinajstić information content (AvgIpc) is 1.83. The maximum absolute atomic E-state index is 10.5. The highest BCUT2D eigenvalue weighted by Gasteiger charge is 2.05. The van der Waals surface area contributed by atoms with Crippen molar-refractivity contribution in [1.82, 2.24) is 0 Å². The molecule has 1 atom stereocenters. The Bertz CT molecular complexity index is 184. The van der Waals surface area contributed by atoms with Crippen molar-refractivity contribution < 1.29 is 12.6 Å². The van der Waals surface area contributed by atoms with Gasteiger partial charge in [0.25, 0.3) is 10.1 Å². The lowest BCUT2D eigenvalue weighted by molar-refractivity contribution is 0.259. The summed E-state index contributed by atoms with van der Waals surface area (Å²) in [6.07, 6.45) is 3.15. The van der Waals surface area contributed by atoms with Crippen LogP contribution in [0.5, 0.6) is 0 Å². The zero-order valence-electron chi connectivity index (χ0n) is 7.33. The minimum absolute atomic E-state index is 0.312. The van der Waals surface area contributed by atoms with E-state index in [9.17, 15) is 8.42 Å². The molecule has 0 saturated carbocycles. The predicted octanol–water partition coefficient (Wildman–Crippen LogP) is 1.40. The maximum Gasteiger partial charge on any atom is 0.264 e. The van der Waals surface area contributed by atoms with E-state index >= 15 is 0 Å². The molecular formula is C7H16O3S. The molecule has 0 fully saturated rings. The molecule has 0 aliphatic heterocycles. The van der Waals surface area contributed by atoms with Crippen LogP contribution >= 0.6 is 0 Å². The van der Waals surface area contributed by atoms with Crippen LogP contribution in [0.1, 0.15) is 26.7 Å². The second-order valence-corrected chi connectivity index (χ2v) is 4.53. The standard InChI is InChI=1S/C7H16O3S/c1-4-5-7(2)6-10-11(3,8)9/h7H,4-6H2,1-3H3. The molecule has 68 valence electrons. The van der Waals surface area contributed by atoms with Crippen LogP contribution in [0.15, 0.2) is 0 Å². The fourth-order valence-corrected chi connectivity index (χ4v) is 1.30. The van der Waals surface area contributed by atoms with E-state index < -0.39 is 10.1 Å². The first-order valence-electron chi connectivity index (χ1n) is 3.80. The van der Waals surface area contributed by atoms with Crippen molar-refractivity contribution in [3.05, 3.63) is 0 Å². The van der Waals surface area contributed by atoms with Gasteiger partial charge in [-0.25, -0.2) is 0 Å². The van der Waals surface area contributed by atoms with Gasteiger partial charge in [0.2, 0.25) is 0 Å². The second-order valence-electron chi connectivity index (χ2n) is 2.88. The van der Waals surface area contributed by atoms with Gasteiger partial charge in [0, 0.05) is 0 Å². The predicted molar refractivity (Wildman–Crippen MR) is 44.9 cm³/mol. The van der Waals surface area contributed by atoms with E-state index in [1.807, 2.05) is 6.92 Å². The molecule has 0 rings (SSSR count). The van der Waals surface area contributed by atoms with E-state index in [0.29, 0.717) is 12.5 Å². The van der Waals surface area contributed by atoms with Crippen molar-refractivity contribution in [2.24, 2.45) is 5.92 Å². The van der Waals surface area contributed by atoms with Gasteiger partial charge in [-0.2, -0.15) is 8.42 Å². The summed E-state index contributed by atoms with van der Waals surface area (Å²) in [4.78, 5) is 0. The Morgan fingerprint density at radius 3 is 2.36 bits per heavy atom. The van der Waals surface area contributed by atoms with Crippen molar-refractivity contribution in [2.45, 2.75) is 26.7 Å². The molecule has 0 heterocycles. The fraction of sp³-hybridized carbons (Fsp3) is 1.00. The van der Waals surface area contributed by atoms with E-state index in [4.69, 9.17) is 0 Å². The third-order valence-electron chi connectivity index (χ3n) is 1.35. The zero-order valence-corrected chi connectivity index (χ0v) is 8.15. The molecule has 0 saturated heterocycles. The minimum atomic E-state index is -3.24. The molecule has 0 radical (unpaired) electrons. The molecule has 0 aliphatic carbocycles. The second kappa shape index (κ2) is 4.72. The number of rotatable bonds is 5. The molecule has 3 nitrogen and oxygen atoms in total. The van der Waals surface area contributed by atoms with Crippen LogP contribution in [0.25, 0.3) is 0 Å². The van der Waals surface area contributed by atoms with Crippen LogP contribution in [0.4, 0.5) is 0 Å². The molecule has 0 aromatic rings. The van der Waals surface area contributed by atoms with Crippen LogP contribution in [-0.4, -0.2) is 21.3 Å². The summed E-state index contributed by atoms with van der Waals surface area (Å²) in [7, 11) is -3.24. The molecule has 1 unspecified atom stereocenters. The Morgan fingerprint density at radius 1 is 1.45 bits per heavy atom. The van der Waals surface area contributed by atoms with Gasteiger partial charge in [0.1, 0.15) is 0 Å². The summed E-state index contributed by atoms with van der Waals surface area (Å²) in [6.45, 7) is 4.36. The van der Waals surface area contributed by atoms with Gasteiger partial charge in [0.05, 0.1) is 12.9 Å². The molecule has 11 heavy (non-hydrogen) atoms. The van der Waals surface area contributed by atoms with Gasteiger partial charge in [-0.15, -0.1) is 0 Å². The Kier molecular flexibility index (Phi) is 4.68. The molecular weight excluding hydrogens is 164 g/mol. The topological polar surface area (TPSA) is 43.4 Å². The van der Waals surface area contributed by atoms with Crippen molar-refractivity contribution >= 4 is 10.1 Å². The number of hydrogen-bond donors (Lipinski definition) is 0. The molecule has 0 bridgehead atoms. The Labute approximate surface area is 68.9 Å². The largest absolute Gasteiger partial charge is 0.270 e. The van der Waals surface area contributed by atoms with Crippen LogP contribution in [0, 0.1) is 5.92 Å². The summed E-state index contributed by atoms with van der Waals surface area (Å²) in [6, 6.07) is 0. The smallest absolute Gasteiger partial charge is 0.264 e. The zero-order chi connectivity index (χ0) is 8.91. The van der Waals surface area contributed by atoms with Gasteiger partial charge in [-0.3, -0.25) is 4.18 Å². The third kappa shape index (κ3) is 7.81. The highest BCUT2D eigenvalue weighted by molar-refractivity contribution is 7.85. The lowest BCUT2D eigenvalue weighted by Gasteiger charge is -2.08. The van der Waals surface area contributed by atoms with Crippen molar-refractivity contribution in [3.63, 3.8) is 0 Å². The van der Waals surface area contributed by atoms with Crippen molar-refractivity contribution in [1.29, 1.82) is 0 Å². The average molecular weight is 180 g/mol. The van der Waals surface area contributed by atoms with E-state index in [0.717, 1.165) is 19.1 Å². The van der Waals surface area contributed by atoms with Crippen molar-refractivity contribution in [2.75, 3.05) is 12.9 Å². The molecule has 0 aromatic heterocycles. The van der Waals surface area contributed by atoms with E-state index in [-0.39, 0.29) is 0 Å². The first kappa shape index (κ1) is 10.9. The summed E-state index contributed by atoms with van der Waals surface area (Å²) in [5.41, 5.74) is 0. The van der Waals surface area contributed by atoms with Crippen LogP contribution in [-0.2, 0) is 14.3 Å². The van der Waals surface area contributed by atoms with Gasteiger partial charge in [0.15, 0.2) is 0 Å². The van der Waals surface area contributed by atoms with Gasteiger partial charge in [-0.05, 0) is 12.3 Å². The first-order chi connectivity index (χ1) is 4.95. The van der Waals surface area contributed by atoms with E-state index in [1.165, 1.54) is 0 Å². The summed E-state index contributed by atoms with van der Waals surface area (Å²) < 4.78 is 25.7. The first-order valence-corrected chi connectivity index (χ1v) is 5.61. The van der Waals surface area contributed by atoms with Crippen LogP contribution in [0.2, 0.25) is 0 Å². The lowest BCUT2D eigenvalue weighted by Crippen LogP contribution is -2.10. The molecule has 4 heteroatoms. The SMILES string of the molecule is CCCC(C)COS(C)(=O)=O. The molecule has 0 amide bonds. The van der Waals surface area contributed by atoms with Gasteiger partial charge < -0.3 is 0 Å². The van der Waals surface area contributed by atoms with Crippen LogP contribution in [0.3, 0.4) is 0 Å². The highest BCUT2D eigenvalue weighted by atomic mass is 32.2. The monoisotopic (exact) mass is 180 g/mol. The Morgan fingerprint density at radius 2 is 2.00 bits per heavy atom. The minimum Gasteiger partial charge on any atom is -0.270 e. The Balaban J connectivity index is 3.54. The van der Waals surface area contributed by atoms with E-state index in [1.54, 1.807) is 0 Å². The maximum atomic E-state index is 10.5. The van der Waals surface area contributed by atoms with Gasteiger partial charge >= 0.3 is 0 Å². The molecule has 0 N–H and O–H groups in total. The molecule has 0 spiro atoms. The van der Waals surface area contributed by atoms with Crippen LogP contribution < -0.4 is 0 Å². The third-order valence-corrected chi connectivity index (χ3v) is 1.91. The van der Waals surface area contributed by atoms with E-state index in [2.05, 4.69) is 11.1 Å². The van der Waals surface area contributed by atoms with Crippen molar-refractivity contribution in [3.8, 4) is 0 Å². The highest BCUT2D eigenvalue weighted by Crippen LogP contribution is 2.06. The summed E-state index contributed by atoms with van der Waals surface area (Å²) >= 11 is 0. The fourth-order valence-electron chi connectivity index (χ4n) is 0.816. The lowest BCUT2D eigenvalue weighted by atomic mass is 10.1. The quantitative estimate of drug-likeness (QED) is 0.601.